The lowest BCUT2D eigenvalue weighted by atomic mass is 9.93. The summed E-state index contributed by atoms with van der Waals surface area (Å²) >= 11 is 5.87. The fraction of sp³-hybridized carbons (Fsp3) is 0.250. The quantitative estimate of drug-likeness (QED) is 0.625. The van der Waals surface area contributed by atoms with Gasteiger partial charge in [-0.25, -0.2) is 4.79 Å². The predicted molar refractivity (Wildman–Crippen MR) is 63.7 cm³/mol. The van der Waals surface area contributed by atoms with Gasteiger partial charge in [0, 0.05) is 5.56 Å². The number of carbonyl (C=O) groups excluding carboxylic acids is 2. The van der Waals surface area contributed by atoms with Crippen molar-refractivity contribution < 1.29 is 24.6 Å². The van der Waals surface area contributed by atoms with E-state index < -0.39 is 23.2 Å². The minimum Gasteiger partial charge on any atom is -0.479 e. The van der Waals surface area contributed by atoms with Crippen LogP contribution in [-0.4, -0.2) is 28.3 Å². The molecular formula is C12H11ClO5. The van der Waals surface area contributed by atoms with Crippen LogP contribution in [0, 0.1) is 0 Å². The van der Waals surface area contributed by atoms with Gasteiger partial charge in [-0.15, -0.1) is 11.6 Å². The van der Waals surface area contributed by atoms with Crippen LogP contribution in [0.15, 0.2) is 18.2 Å². The molecule has 0 radical (unpaired) electrons. The number of rotatable bonds is 5. The van der Waals surface area contributed by atoms with Crippen molar-refractivity contribution in [3.8, 4) is 0 Å². The number of aliphatic carboxylic acids is 1. The molecule has 0 bridgehead atoms. The minimum absolute atomic E-state index is 0.0385. The Morgan fingerprint density at radius 2 is 2.00 bits per heavy atom. The normalized spacial score (nSPS) is 13.7. The van der Waals surface area contributed by atoms with Crippen molar-refractivity contribution in [2.45, 2.75) is 18.4 Å². The summed E-state index contributed by atoms with van der Waals surface area (Å²) in [6.45, 7) is 1.22. The Balaban J connectivity index is 3.47. The molecular weight excluding hydrogens is 260 g/mol. The smallest absolute Gasteiger partial charge is 0.337 e. The molecule has 0 saturated heterocycles. The first-order chi connectivity index (χ1) is 8.40. The second-order valence-corrected chi connectivity index (χ2v) is 4.12. The second kappa shape index (κ2) is 5.75. The summed E-state index contributed by atoms with van der Waals surface area (Å²) in [7, 11) is 0. The van der Waals surface area contributed by atoms with Crippen LogP contribution in [0.3, 0.4) is 0 Å². The molecule has 0 amide bonds. The Morgan fingerprint density at radius 1 is 1.39 bits per heavy atom. The molecule has 0 aliphatic carbocycles. The van der Waals surface area contributed by atoms with Crippen molar-refractivity contribution in [2.24, 2.45) is 0 Å². The Morgan fingerprint density at radius 3 is 2.44 bits per heavy atom. The largest absolute Gasteiger partial charge is 0.479 e. The van der Waals surface area contributed by atoms with E-state index in [0.717, 1.165) is 0 Å². The van der Waals surface area contributed by atoms with E-state index in [1.165, 1.54) is 25.1 Å². The third kappa shape index (κ3) is 2.75. The summed E-state index contributed by atoms with van der Waals surface area (Å²) in [6.07, 6.45) is -1.37. The zero-order valence-corrected chi connectivity index (χ0v) is 10.2. The highest BCUT2D eigenvalue weighted by molar-refractivity contribution is 6.31. The van der Waals surface area contributed by atoms with Crippen LogP contribution in [0.25, 0.3) is 0 Å². The molecule has 0 aliphatic rings. The van der Waals surface area contributed by atoms with E-state index >= 15 is 0 Å². The van der Waals surface area contributed by atoms with E-state index in [9.17, 15) is 19.5 Å². The number of aliphatic hydroxyl groups is 1. The fourth-order valence-corrected chi connectivity index (χ4v) is 1.82. The number of carbonyl (C=O) groups is 3. The molecule has 0 fully saturated rings. The van der Waals surface area contributed by atoms with Gasteiger partial charge in [-0.1, -0.05) is 18.2 Å². The van der Waals surface area contributed by atoms with Crippen LogP contribution < -0.4 is 0 Å². The number of aliphatic hydroxyl groups excluding tert-OH is 1. The molecule has 2 N–H and O–H groups in total. The number of halogens is 1. The first kappa shape index (κ1) is 14.3. The molecule has 96 valence electrons. The summed E-state index contributed by atoms with van der Waals surface area (Å²) in [5.74, 6) is -1.92. The van der Waals surface area contributed by atoms with Gasteiger partial charge < -0.3 is 10.2 Å². The van der Waals surface area contributed by atoms with Crippen LogP contribution in [0.1, 0.15) is 39.9 Å². The van der Waals surface area contributed by atoms with Crippen molar-refractivity contribution in [3.63, 3.8) is 0 Å². The summed E-state index contributed by atoms with van der Waals surface area (Å²) in [4.78, 5) is 33.0. The van der Waals surface area contributed by atoms with Gasteiger partial charge in [0.1, 0.15) is 11.7 Å². The van der Waals surface area contributed by atoms with Crippen molar-refractivity contribution in [1.29, 1.82) is 0 Å². The van der Waals surface area contributed by atoms with Crippen molar-refractivity contribution in [3.05, 3.63) is 34.9 Å². The van der Waals surface area contributed by atoms with E-state index in [4.69, 9.17) is 16.7 Å². The van der Waals surface area contributed by atoms with Gasteiger partial charge in [-0.3, -0.25) is 9.59 Å². The van der Waals surface area contributed by atoms with Crippen molar-refractivity contribution in [2.75, 3.05) is 0 Å². The maximum atomic E-state index is 11.3. The topological polar surface area (TPSA) is 91.7 Å². The summed E-state index contributed by atoms with van der Waals surface area (Å²) in [6, 6.07) is 4.14. The standard InChI is InChI=1S/C12H11ClO5/c1-6(15)10(13)9-7(5-14)3-2-4-8(9)11(16)12(17)18/h2-5,10-11,16H,1H3,(H,17,18). The van der Waals surface area contributed by atoms with E-state index in [1.807, 2.05) is 0 Å². The minimum atomic E-state index is -1.83. The summed E-state index contributed by atoms with van der Waals surface area (Å²) < 4.78 is 0. The molecule has 5 nitrogen and oxygen atoms in total. The van der Waals surface area contributed by atoms with Crippen LogP contribution in [0.4, 0.5) is 0 Å². The lowest BCUT2D eigenvalue weighted by Crippen LogP contribution is -2.16. The van der Waals surface area contributed by atoms with Crippen LogP contribution in [-0.2, 0) is 9.59 Å². The highest BCUT2D eigenvalue weighted by Crippen LogP contribution is 2.31. The Hall–Kier alpha value is -1.72. The van der Waals surface area contributed by atoms with Gasteiger partial charge in [0.05, 0.1) is 0 Å². The van der Waals surface area contributed by atoms with Crippen LogP contribution in [0.2, 0.25) is 0 Å². The summed E-state index contributed by atoms with van der Waals surface area (Å²) in [5.41, 5.74) is 0.0712. The maximum Gasteiger partial charge on any atom is 0.337 e. The average molecular weight is 271 g/mol. The molecule has 0 heterocycles. The maximum absolute atomic E-state index is 11.3. The number of aldehydes is 1. The first-order valence-corrected chi connectivity index (χ1v) is 5.47. The van der Waals surface area contributed by atoms with Gasteiger partial charge >= 0.3 is 5.97 Å². The van der Waals surface area contributed by atoms with Gasteiger partial charge in [0.2, 0.25) is 0 Å². The molecule has 0 aliphatic heterocycles. The molecule has 18 heavy (non-hydrogen) atoms. The molecule has 0 saturated carbocycles. The predicted octanol–water partition coefficient (Wildman–Crippen LogP) is 1.49. The fourth-order valence-electron chi connectivity index (χ4n) is 1.57. The van der Waals surface area contributed by atoms with Crippen LogP contribution >= 0.6 is 11.6 Å². The number of benzene rings is 1. The molecule has 2 unspecified atom stereocenters. The lowest BCUT2D eigenvalue weighted by molar-refractivity contribution is -0.147. The molecule has 1 aromatic rings. The lowest BCUT2D eigenvalue weighted by Gasteiger charge is -2.16. The Bertz CT molecular complexity index is 497. The summed E-state index contributed by atoms with van der Waals surface area (Å²) in [5, 5.41) is 17.2. The zero-order chi connectivity index (χ0) is 13.9. The zero-order valence-electron chi connectivity index (χ0n) is 9.46. The van der Waals surface area contributed by atoms with E-state index in [2.05, 4.69) is 0 Å². The number of hydrogen-bond acceptors (Lipinski definition) is 4. The third-order valence-corrected chi connectivity index (χ3v) is 2.96. The highest BCUT2D eigenvalue weighted by Gasteiger charge is 2.27. The van der Waals surface area contributed by atoms with E-state index in [0.29, 0.717) is 6.29 Å². The molecule has 0 aromatic heterocycles. The molecule has 6 heteroatoms. The third-order valence-electron chi connectivity index (χ3n) is 2.44. The first-order valence-electron chi connectivity index (χ1n) is 5.03. The Kier molecular flexibility index (Phi) is 4.58. The SMILES string of the molecule is CC(=O)C(Cl)c1c(C=O)cccc1C(O)C(=O)O. The van der Waals surface area contributed by atoms with Gasteiger partial charge in [-0.05, 0) is 18.1 Å². The van der Waals surface area contributed by atoms with Crippen molar-refractivity contribution in [1.82, 2.24) is 0 Å². The number of carboxylic acid groups (broad SMARTS) is 1. The number of ketones is 1. The van der Waals surface area contributed by atoms with Gasteiger partial charge in [-0.2, -0.15) is 0 Å². The Labute approximate surface area is 108 Å². The molecule has 0 spiro atoms. The van der Waals surface area contributed by atoms with Crippen molar-refractivity contribution >= 4 is 29.6 Å². The van der Waals surface area contributed by atoms with Crippen LogP contribution in [0.5, 0.6) is 0 Å². The van der Waals surface area contributed by atoms with Gasteiger partial charge in [0.25, 0.3) is 0 Å². The highest BCUT2D eigenvalue weighted by atomic mass is 35.5. The number of Topliss-reactive ketones (excluding diaryl/α,β-unsaturated/α-hetero) is 1. The second-order valence-electron chi connectivity index (χ2n) is 3.68. The van der Waals surface area contributed by atoms with Gasteiger partial charge in [0.15, 0.2) is 11.9 Å². The van der Waals surface area contributed by atoms with E-state index in [1.54, 1.807) is 0 Å². The monoisotopic (exact) mass is 270 g/mol. The number of carboxylic acids is 1. The van der Waals surface area contributed by atoms with E-state index in [-0.39, 0.29) is 16.7 Å². The average Bonchev–Trinajstić information content (AvgIpc) is 2.35. The number of hydrogen-bond donors (Lipinski definition) is 2. The molecule has 2 atom stereocenters. The molecule has 1 aromatic carbocycles. The number of alkyl halides is 1. The molecule has 1 rings (SSSR count).